The molecule has 2 heterocycles. The van der Waals surface area contributed by atoms with E-state index < -0.39 is 0 Å². The molecule has 1 unspecified atom stereocenters. The van der Waals surface area contributed by atoms with Crippen molar-refractivity contribution in [1.82, 2.24) is 9.88 Å². The van der Waals surface area contributed by atoms with E-state index in [-0.39, 0.29) is 5.91 Å². The summed E-state index contributed by atoms with van der Waals surface area (Å²) in [4.78, 5) is 19.3. The molecule has 1 aromatic carbocycles. The minimum Gasteiger partial charge on any atom is -0.381 e. The number of para-hydroxylation sites is 1. The lowest BCUT2D eigenvalue weighted by molar-refractivity contribution is 0.0733. The Morgan fingerprint density at radius 1 is 1.18 bits per heavy atom. The molecule has 1 aromatic heterocycles. The molecule has 2 aromatic rings. The van der Waals surface area contributed by atoms with Crippen molar-refractivity contribution >= 4 is 16.8 Å². The number of rotatable bonds is 2. The van der Waals surface area contributed by atoms with Gasteiger partial charge in [-0.3, -0.25) is 9.78 Å². The van der Waals surface area contributed by atoms with Crippen LogP contribution in [0.2, 0.25) is 0 Å². The number of likely N-dealkylation sites (tertiary alicyclic amines) is 1. The zero-order valence-corrected chi connectivity index (χ0v) is 12.7. The molecule has 1 saturated carbocycles. The fourth-order valence-corrected chi connectivity index (χ4v) is 4.05. The second-order valence-electron chi connectivity index (χ2n) is 6.44. The maximum absolute atomic E-state index is 12.9. The lowest BCUT2D eigenvalue weighted by atomic mass is 10.0. The van der Waals surface area contributed by atoms with Gasteiger partial charge in [-0.2, -0.15) is 0 Å². The molecular formula is C18H20N2O2. The zero-order valence-electron chi connectivity index (χ0n) is 12.7. The molecule has 4 nitrogen and oxygen atoms in total. The minimum absolute atomic E-state index is 0.118. The number of fused-ring (bicyclic) bond motifs is 2. The van der Waals surface area contributed by atoms with E-state index in [9.17, 15) is 4.79 Å². The van der Waals surface area contributed by atoms with Gasteiger partial charge < -0.3 is 9.64 Å². The molecule has 0 bridgehead atoms. The van der Waals surface area contributed by atoms with E-state index in [0.29, 0.717) is 17.9 Å². The van der Waals surface area contributed by atoms with Gasteiger partial charge in [-0.25, -0.2) is 0 Å². The average molecular weight is 296 g/mol. The highest BCUT2D eigenvalue weighted by molar-refractivity contribution is 6.05. The van der Waals surface area contributed by atoms with Crippen molar-refractivity contribution in [2.24, 2.45) is 11.8 Å². The molecule has 2 fully saturated rings. The van der Waals surface area contributed by atoms with E-state index >= 15 is 0 Å². The summed E-state index contributed by atoms with van der Waals surface area (Å²) < 4.78 is 5.47. The molecule has 114 valence electrons. The number of methoxy groups -OCH3 is 1. The number of nitrogens with zero attached hydrogens (tertiary/aromatic N) is 2. The van der Waals surface area contributed by atoms with Crippen LogP contribution in [0.5, 0.6) is 0 Å². The van der Waals surface area contributed by atoms with Crippen LogP contribution in [0.25, 0.3) is 10.9 Å². The van der Waals surface area contributed by atoms with Gasteiger partial charge in [0.1, 0.15) is 0 Å². The number of carbonyl (C=O) groups is 1. The summed E-state index contributed by atoms with van der Waals surface area (Å²) in [5, 5.41) is 1.02. The van der Waals surface area contributed by atoms with Gasteiger partial charge in [-0.05, 0) is 36.8 Å². The minimum atomic E-state index is 0.118. The van der Waals surface area contributed by atoms with Gasteiger partial charge in [0.2, 0.25) is 0 Å². The summed E-state index contributed by atoms with van der Waals surface area (Å²) >= 11 is 0. The smallest absolute Gasteiger partial charge is 0.256 e. The quantitative estimate of drug-likeness (QED) is 0.856. The van der Waals surface area contributed by atoms with Crippen molar-refractivity contribution in [3.05, 3.63) is 42.1 Å². The van der Waals surface area contributed by atoms with Gasteiger partial charge in [-0.15, -0.1) is 0 Å². The summed E-state index contributed by atoms with van der Waals surface area (Å²) in [7, 11) is 1.79. The Morgan fingerprint density at radius 2 is 1.91 bits per heavy atom. The Hall–Kier alpha value is -1.94. The van der Waals surface area contributed by atoms with Gasteiger partial charge in [0, 0.05) is 31.8 Å². The predicted molar refractivity (Wildman–Crippen MR) is 84.7 cm³/mol. The molecule has 22 heavy (non-hydrogen) atoms. The van der Waals surface area contributed by atoms with E-state index in [4.69, 9.17) is 4.74 Å². The van der Waals surface area contributed by atoms with Crippen LogP contribution in [-0.4, -0.2) is 42.1 Å². The van der Waals surface area contributed by atoms with Crippen molar-refractivity contribution in [2.75, 3.05) is 20.2 Å². The molecule has 0 spiro atoms. The molecule has 0 radical (unpaired) electrons. The van der Waals surface area contributed by atoms with Crippen molar-refractivity contribution in [3.63, 3.8) is 0 Å². The third kappa shape index (κ3) is 2.18. The van der Waals surface area contributed by atoms with E-state index in [1.807, 2.05) is 35.2 Å². The van der Waals surface area contributed by atoms with Gasteiger partial charge in [0.05, 0.1) is 17.2 Å². The van der Waals surface area contributed by atoms with E-state index in [1.54, 1.807) is 13.3 Å². The number of pyridine rings is 1. The summed E-state index contributed by atoms with van der Waals surface area (Å²) in [5.74, 6) is 1.31. The van der Waals surface area contributed by atoms with Gasteiger partial charge in [-0.1, -0.05) is 18.2 Å². The molecular weight excluding hydrogens is 276 g/mol. The van der Waals surface area contributed by atoms with Crippen LogP contribution >= 0.6 is 0 Å². The Balaban J connectivity index is 1.58. The average Bonchev–Trinajstić information content (AvgIpc) is 3.12. The summed E-state index contributed by atoms with van der Waals surface area (Å²) in [5.41, 5.74) is 1.53. The molecule has 4 heteroatoms. The van der Waals surface area contributed by atoms with Crippen molar-refractivity contribution in [2.45, 2.75) is 18.9 Å². The van der Waals surface area contributed by atoms with Crippen LogP contribution in [-0.2, 0) is 4.74 Å². The molecule has 0 N–H and O–H groups in total. The van der Waals surface area contributed by atoms with Crippen LogP contribution in [0, 0.1) is 11.8 Å². The predicted octanol–water partition coefficient (Wildman–Crippen LogP) is 2.73. The molecule has 1 saturated heterocycles. The van der Waals surface area contributed by atoms with Crippen molar-refractivity contribution in [1.29, 1.82) is 0 Å². The number of amides is 1. The Labute approximate surface area is 130 Å². The maximum atomic E-state index is 12.9. The summed E-state index contributed by atoms with van der Waals surface area (Å²) in [6, 6.07) is 9.74. The fourth-order valence-electron chi connectivity index (χ4n) is 4.05. The Morgan fingerprint density at radius 3 is 2.64 bits per heavy atom. The Bertz CT molecular complexity index is 696. The molecule has 3 atom stereocenters. The van der Waals surface area contributed by atoms with E-state index in [0.717, 1.165) is 42.4 Å². The van der Waals surface area contributed by atoms with Gasteiger partial charge >= 0.3 is 0 Å². The van der Waals surface area contributed by atoms with Gasteiger partial charge in [0.15, 0.2) is 0 Å². The van der Waals surface area contributed by atoms with Gasteiger partial charge in [0.25, 0.3) is 5.91 Å². The zero-order chi connectivity index (χ0) is 15.1. The molecule has 1 aliphatic heterocycles. The monoisotopic (exact) mass is 296 g/mol. The van der Waals surface area contributed by atoms with Crippen LogP contribution in [0.15, 0.2) is 36.5 Å². The Kier molecular flexibility index (Phi) is 3.34. The second-order valence-corrected chi connectivity index (χ2v) is 6.44. The van der Waals surface area contributed by atoms with Crippen LogP contribution < -0.4 is 0 Å². The number of carbonyl (C=O) groups excluding carboxylic acids is 1. The van der Waals surface area contributed by atoms with E-state index in [1.165, 1.54) is 0 Å². The first-order valence-electron chi connectivity index (χ1n) is 7.92. The first-order chi connectivity index (χ1) is 10.8. The highest BCUT2D eigenvalue weighted by Gasteiger charge is 2.42. The lowest BCUT2D eigenvalue weighted by Gasteiger charge is -2.19. The molecule has 1 aliphatic carbocycles. The molecule has 4 rings (SSSR count). The first-order valence-corrected chi connectivity index (χ1v) is 7.92. The number of ether oxygens (including phenoxy) is 1. The third-order valence-electron chi connectivity index (χ3n) is 5.19. The van der Waals surface area contributed by atoms with E-state index in [2.05, 4.69) is 4.98 Å². The highest BCUT2D eigenvalue weighted by atomic mass is 16.5. The third-order valence-corrected chi connectivity index (χ3v) is 5.19. The largest absolute Gasteiger partial charge is 0.381 e. The maximum Gasteiger partial charge on any atom is 0.256 e. The first kappa shape index (κ1) is 13.7. The molecule has 2 aliphatic rings. The number of benzene rings is 1. The van der Waals surface area contributed by atoms with Crippen LogP contribution in [0.4, 0.5) is 0 Å². The van der Waals surface area contributed by atoms with Crippen molar-refractivity contribution < 1.29 is 9.53 Å². The van der Waals surface area contributed by atoms with Crippen LogP contribution in [0.1, 0.15) is 23.2 Å². The number of hydrogen-bond acceptors (Lipinski definition) is 3. The van der Waals surface area contributed by atoms with Crippen LogP contribution in [0.3, 0.4) is 0 Å². The summed E-state index contributed by atoms with van der Waals surface area (Å²) in [6.45, 7) is 1.71. The number of aromatic nitrogens is 1. The molecule has 1 amide bonds. The standard InChI is InChI=1S/C18H20N2O2/c1-22-15-8-13-10-20(11-14(13)9-15)18(21)16-6-2-4-12-5-3-7-19-17(12)16/h2-7,13-15H,8-11H2,1H3/t13-,14+,15?. The normalized spacial score (nSPS) is 27.3. The van der Waals surface area contributed by atoms with Crippen molar-refractivity contribution in [3.8, 4) is 0 Å². The highest BCUT2D eigenvalue weighted by Crippen LogP contribution is 2.39. The summed E-state index contributed by atoms with van der Waals surface area (Å²) in [6.07, 6.45) is 4.30. The number of hydrogen-bond donors (Lipinski definition) is 0. The topological polar surface area (TPSA) is 42.4 Å². The lowest BCUT2D eigenvalue weighted by Crippen LogP contribution is -2.30. The second kappa shape index (κ2) is 5.36. The SMILES string of the molecule is COC1C[C@@H]2CN(C(=O)c3cccc4cccnc34)C[C@@H]2C1. The fraction of sp³-hybridized carbons (Fsp3) is 0.444.